The van der Waals surface area contributed by atoms with E-state index >= 15 is 0 Å². The Hall–Kier alpha value is -0.915. The smallest absolute Gasteiger partial charge is 0.423 e. The van der Waals surface area contributed by atoms with Gasteiger partial charge in [-0.1, -0.05) is 24.3 Å². The molecule has 0 spiro atoms. The van der Waals surface area contributed by atoms with Gasteiger partial charge in [-0.2, -0.15) is 0 Å². The highest BCUT2D eigenvalue weighted by Crippen LogP contribution is 2.06. The first kappa shape index (κ1) is 17.1. The molecule has 0 unspecified atom stereocenters. The topological polar surface area (TPSA) is 95.7 Å². The summed E-state index contributed by atoms with van der Waals surface area (Å²) in [5.74, 6) is 0. The average molecular weight is 279 g/mol. The fourth-order valence-corrected chi connectivity index (χ4v) is 2.12. The molecular formula is C14H26BN3O2. The second-order valence-electron chi connectivity index (χ2n) is 5.03. The summed E-state index contributed by atoms with van der Waals surface area (Å²) < 4.78 is 0. The third-order valence-electron chi connectivity index (χ3n) is 3.29. The largest absolute Gasteiger partial charge is 0.488 e. The summed E-state index contributed by atoms with van der Waals surface area (Å²) in [5, 5.41) is 18.2. The van der Waals surface area contributed by atoms with Gasteiger partial charge in [0.2, 0.25) is 0 Å². The Balaban J connectivity index is 2.53. The predicted molar refractivity (Wildman–Crippen MR) is 83.5 cm³/mol. The Bertz CT molecular complexity index is 360. The molecule has 0 aromatic heterocycles. The predicted octanol–water partition coefficient (Wildman–Crippen LogP) is -0.744. The monoisotopic (exact) mass is 279 g/mol. The van der Waals surface area contributed by atoms with Crippen molar-refractivity contribution in [2.24, 2.45) is 11.5 Å². The van der Waals surface area contributed by atoms with Gasteiger partial charge in [0, 0.05) is 6.54 Å². The van der Waals surface area contributed by atoms with Crippen LogP contribution >= 0.6 is 0 Å². The Morgan fingerprint density at radius 2 is 1.50 bits per heavy atom. The minimum atomic E-state index is -1.40. The van der Waals surface area contributed by atoms with Crippen LogP contribution in [-0.4, -0.2) is 48.2 Å². The summed E-state index contributed by atoms with van der Waals surface area (Å²) >= 11 is 0. The van der Waals surface area contributed by atoms with Crippen LogP contribution in [0.4, 0.5) is 0 Å². The Morgan fingerprint density at radius 3 is 2.05 bits per heavy atom. The number of hydrogen-bond donors (Lipinski definition) is 4. The van der Waals surface area contributed by atoms with E-state index in [-0.39, 0.29) is 0 Å². The lowest BCUT2D eigenvalue weighted by atomic mass is 9.80. The van der Waals surface area contributed by atoms with Crippen molar-refractivity contribution in [1.29, 1.82) is 0 Å². The van der Waals surface area contributed by atoms with E-state index in [9.17, 15) is 0 Å². The van der Waals surface area contributed by atoms with E-state index in [1.807, 2.05) is 12.1 Å². The van der Waals surface area contributed by atoms with Crippen molar-refractivity contribution in [2.45, 2.75) is 25.8 Å². The van der Waals surface area contributed by atoms with Crippen LogP contribution in [0.25, 0.3) is 0 Å². The van der Waals surface area contributed by atoms with Crippen LogP contribution in [0.2, 0.25) is 0 Å². The molecule has 5 nitrogen and oxygen atoms in total. The van der Waals surface area contributed by atoms with E-state index in [1.165, 1.54) is 5.56 Å². The lowest BCUT2D eigenvalue weighted by Crippen LogP contribution is -2.30. The maximum absolute atomic E-state index is 9.08. The quantitative estimate of drug-likeness (QED) is 0.334. The lowest BCUT2D eigenvalue weighted by Gasteiger charge is -2.22. The van der Waals surface area contributed by atoms with Crippen molar-refractivity contribution >= 4 is 12.6 Å². The molecule has 1 rings (SSSR count). The van der Waals surface area contributed by atoms with Crippen molar-refractivity contribution in [3.8, 4) is 0 Å². The van der Waals surface area contributed by atoms with Gasteiger partial charge in [0.15, 0.2) is 0 Å². The highest BCUT2D eigenvalue weighted by Gasteiger charge is 2.11. The molecule has 6 N–H and O–H groups in total. The molecule has 0 aliphatic rings. The molecule has 0 fully saturated rings. The molecule has 0 radical (unpaired) electrons. The van der Waals surface area contributed by atoms with E-state index in [2.05, 4.69) is 4.90 Å². The number of nitrogens with two attached hydrogens (primary N) is 2. The van der Waals surface area contributed by atoms with Gasteiger partial charge >= 0.3 is 7.12 Å². The molecule has 6 heteroatoms. The Morgan fingerprint density at radius 1 is 0.900 bits per heavy atom. The lowest BCUT2D eigenvalue weighted by molar-refractivity contribution is 0.258. The van der Waals surface area contributed by atoms with Crippen LogP contribution in [0.1, 0.15) is 24.8 Å². The maximum atomic E-state index is 9.08. The van der Waals surface area contributed by atoms with Gasteiger partial charge < -0.3 is 21.5 Å². The maximum Gasteiger partial charge on any atom is 0.488 e. The molecule has 0 aliphatic carbocycles. The number of nitrogens with zero attached hydrogens (tertiary/aromatic N) is 1. The summed E-state index contributed by atoms with van der Waals surface area (Å²) in [6.07, 6.45) is 3.11. The zero-order valence-corrected chi connectivity index (χ0v) is 12.0. The zero-order chi connectivity index (χ0) is 14.8. The van der Waals surface area contributed by atoms with Gasteiger partial charge in [0.25, 0.3) is 0 Å². The molecule has 1 aromatic rings. The van der Waals surface area contributed by atoms with Crippen molar-refractivity contribution in [2.75, 3.05) is 26.2 Å². The van der Waals surface area contributed by atoms with Crippen molar-refractivity contribution < 1.29 is 10.0 Å². The average Bonchev–Trinajstić information content (AvgIpc) is 2.45. The first-order valence-electron chi connectivity index (χ1n) is 7.25. The number of unbranched alkanes of at least 4 members (excludes halogenated alkanes) is 1. The fourth-order valence-electron chi connectivity index (χ4n) is 2.12. The van der Waals surface area contributed by atoms with Crippen LogP contribution in [0.15, 0.2) is 24.3 Å². The minimum absolute atomic E-state index is 0.519. The summed E-state index contributed by atoms with van der Waals surface area (Å²) in [7, 11) is -1.40. The molecule has 20 heavy (non-hydrogen) atoms. The van der Waals surface area contributed by atoms with Crippen LogP contribution in [-0.2, 0) is 6.54 Å². The second kappa shape index (κ2) is 9.91. The normalized spacial score (nSPS) is 11.1. The number of benzene rings is 1. The number of hydrogen-bond acceptors (Lipinski definition) is 5. The van der Waals surface area contributed by atoms with Crippen LogP contribution in [0.3, 0.4) is 0 Å². The molecule has 0 saturated carbocycles. The molecule has 0 atom stereocenters. The molecular weight excluding hydrogens is 253 g/mol. The Labute approximate surface area is 121 Å². The van der Waals surface area contributed by atoms with Gasteiger partial charge in [-0.3, -0.25) is 4.90 Å². The molecule has 1 aromatic carbocycles. The van der Waals surface area contributed by atoms with E-state index in [1.54, 1.807) is 12.1 Å². The molecule has 0 amide bonds. The van der Waals surface area contributed by atoms with Crippen LogP contribution in [0, 0.1) is 0 Å². The third-order valence-corrected chi connectivity index (χ3v) is 3.29. The zero-order valence-electron chi connectivity index (χ0n) is 12.0. The van der Waals surface area contributed by atoms with Gasteiger partial charge in [-0.25, -0.2) is 0 Å². The summed E-state index contributed by atoms with van der Waals surface area (Å²) in [6, 6.07) is 7.38. The van der Waals surface area contributed by atoms with Crippen LogP contribution < -0.4 is 16.9 Å². The van der Waals surface area contributed by atoms with Crippen molar-refractivity contribution in [3.63, 3.8) is 0 Å². The highest BCUT2D eigenvalue weighted by atomic mass is 16.4. The second-order valence-corrected chi connectivity index (χ2v) is 5.03. The molecule has 0 bridgehead atoms. The summed E-state index contributed by atoms with van der Waals surface area (Å²) in [6.45, 7) is 4.27. The van der Waals surface area contributed by atoms with Gasteiger partial charge in [0.1, 0.15) is 0 Å². The SMILES string of the molecule is NCCCCN(CCCN)Cc1ccc(B(O)O)cc1. The van der Waals surface area contributed by atoms with Gasteiger partial charge in [0.05, 0.1) is 0 Å². The Kier molecular flexibility index (Phi) is 8.49. The van der Waals surface area contributed by atoms with Gasteiger partial charge in [-0.15, -0.1) is 0 Å². The standard InChI is InChI=1S/C14H26BN3O2/c16-8-1-2-10-18(11-3-9-17)12-13-4-6-14(7-5-13)15(19)20/h4-7,19-20H,1-3,8-12,16-17H2. The summed E-state index contributed by atoms with van der Waals surface area (Å²) in [4.78, 5) is 2.37. The number of rotatable bonds is 10. The third kappa shape index (κ3) is 6.50. The first-order valence-corrected chi connectivity index (χ1v) is 7.25. The van der Waals surface area contributed by atoms with Crippen molar-refractivity contribution in [1.82, 2.24) is 4.90 Å². The van der Waals surface area contributed by atoms with E-state index in [0.717, 1.165) is 45.4 Å². The molecule has 0 aliphatic heterocycles. The molecule has 112 valence electrons. The highest BCUT2D eigenvalue weighted by molar-refractivity contribution is 6.58. The van der Waals surface area contributed by atoms with Crippen LogP contribution in [0.5, 0.6) is 0 Å². The van der Waals surface area contributed by atoms with Gasteiger partial charge in [-0.05, 0) is 56.5 Å². The van der Waals surface area contributed by atoms with E-state index < -0.39 is 7.12 Å². The van der Waals surface area contributed by atoms with Crippen molar-refractivity contribution in [3.05, 3.63) is 29.8 Å². The first-order chi connectivity index (χ1) is 9.67. The fraction of sp³-hybridized carbons (Fsp3) is 0.571. The minimum Gasteiger partial charge on any atom is -0.423 e. The van der Waals surface area contributed by atoms with E-state index in [4.69, 9.17) is 21.5 Å². The molecule has 0 heterocycles. The molecule has 0 saturated heterocycles. The van der Waals surface area contributed by atoms with E-state index in [0.29, 0.717) is 12.0 Å². The summed E-state index contributed by atoms with van der Waals surface area (Å²) in [5.41, 5.74) is 12.8.